The van der Waals surface area contributed by atoms with Crippen molar-refractivity contribution in [3.05, 3.63) is 42.1 Å². The van der Waals surface area contributed by atoms with Gasteiger partial charge in [-0.25, -0.2) is 0 Å². The number of rotatable bonds is 3. The fourth-order valence-electron chi connectivity index (χ4n) is 2.61. The molecule has 98 valence electrons. The topological polar surface area (TPSA) is 30.0 Å². The minimum atomic E-state index is 0.209. The third-order valence-corrected chi connectivity index (χ3v) is 5.07. The number of benzene rings is 1. The van der Waals surface area contributed by atoms with Gasteiger partial charge in [0.05, 0.1) is 10.8 Å². The van der Waals surface area contributed by atoms with Gasteiger partial charge in [-0.3, -0.25) is 9.78 Å². The van der Waals surface area contributed by atoms with Gasteiger partial charge >= 0.3 is 0 Å². The molecule has 1 aliphatic rings. The van der Waals surface area contributed by atoms with Crippen LogP contribution >= 0.6 is 11.8 Å². The van der Waals surface area contributed by atoms with Gasteiger partial charge in [0.25, 0.3) is 0 Å². The lowest BCUT2D eigenvalue weighted by atomic mass is 10.0. The Balaban J connectivity index is 1.82. The van der Waals surface area contributed by atoms with Crippen molar-refractivity contribution in [1.82, 2.24) is 4.98 Å². The Morgan fingerprint density at radius 2 is 2.16 bits per heavy atom. The maximum absolute atomic E-state index is 12.4. The van der Waals surface area contributed by atoms with Gasteiger partial charge < -0.3 is 0 Å². The summed E-state index contributed by atoms with van der Waals surface area (Å²) in [5.41, 5.74) is 2.09. The van der Waals surface area contributed by atoms with E-state index < -0.39 is 0 Å². The maximum Gasteiger partial charge on any atom is 0.150 e. The number of hydrogen-bond donors (Lipinski definition) is 0. The van der Waals surface area contributed by atoms with Gasteiger partial charge in [-0.2, -0.15) is 11.8 Å². The Morgan fingerprint density at radius 3 is 3.00 bits per heavy atom. The van der Waals surface area contributed by atoms with Crippen LogP contribution in [0.4, 0.5) is 0 Å². The first kappa shape index (κ1) is 12.7. The molecule has 1 saturated heterocycles. The molecule has 0 spiro atoms. The van der Waals surface area contributed by atoms with Crippen LogP contribution in [-0.2, 0) is 11.2 Å². The molecule has 0 aliphatic carbocycles. The maximum atomic E-state index is 12.4. The summed E-state index contributed by atoms with van der Waals surface area (Å²) in [5, 5.41) is 1.32. The highest BCUT2D eigenvalue weighted by Crippen LogP contribution is 2.27. The first-order chi connectivity index (χ1) is 9.34. The summed E-state index contributed by atoms with van der Waals surface area (Å²) in [6.07, 6.45) is 5.85. The third kappa shape index (κ3) is 2.81. The molecule has 0 amide bonds. The van der Waals surface area contributed by atoms with Crippen molar-refractivity contribution in [2.45, 2.75) is 30.9 Å². The third-order valence-electron chi connectivity index (χ3n) is 3.64. The van der Waals surface area contributed by atoms with E-state index in [1.165, 1.54) is 12.8 Å². The van der Waals surface area contributed by atoms with Crippen LogP contribution < -0.4 is 0 Å². The fourth-order valence-corrected chi connectivity index (χ4v) is 3.86. The minimum absolute atomic E-state index is 0.209. The van der Waals surface area contributed by atoms with Crippen molar-refractivity contribution in [1.29, 1.82) is 0 Å². The molecule has 1 fully saturated rings. The quantitative estimate of drug-likeness (QED) is 0.854. The smallest absolute Gasteiger partial charge is 0.150 e. The zero-order chi connectivity index (χ0) is 13.1. The average molecular weight is 271 g/mol. The van der Waals surface area contributed by atoms with Gasteiger partial charge in [0.1, 0.15) is 5.78 Å². The van der Waals surface area contributed by atoms with Crippen LogP contribution in [0.1, 0.15) is 24.8 Å². The SMILES string of the molecule is O=C(Cc1ccnc2ccccc12)C1CCCCS1. The lowest BCUT2D eigenvalue weighted by Gasteiger charge is -2.20. The highest BCUT2D eigenvalue weighted by molar-refractivity contribution is 8.00. The lowest BCUT2D eigenvalue weighted by molar-refractivity contribution is -0.118. The lowest BCUT2D eigenvalue weighted by Crippen LogP contribution is -2.22. The van der Waals surface area contributed by atoms with Crippen LogP contribution in [0.25, 0.3) is 10.9 Å². The summed E-state index contributed by atoms with van der Waals surface area (Å²) in [6, 6.07) is 10.0. The molecule has 1 aliphatic heterocycles. The Hall–Kier alpha value is -1.35. The summed E-state index contributed by atoms with van der Waals surface area (Å²) >= 11 is 1.83. The molecule has 3 heteroatoms. The number of carbonyl (C=O) groups excluding carboxylic acids is 1. The van der Waals surface area contributed by atoms with Gasteiger partial charge in [0.15, 0.2) is 0 Å². The molecule has 3 rings (SSSR count). The molecule has 0 bridgehead atoms. The van der Waals surface area contributed by atoms with Crippen LogP contribution in [0.2, 0.25) is 0 Å². The molecule has 2 heterocycles. The molecule has 1 atom stereocenters. The van der Waals surface area contributed by atoms with E-state index in [1.54, 1.807) is 6.20 Å². The molecule has 1 aromatic carbocycles. The number of para-hydroxylation sites is 1. The first-order valence-electron chi connectivity index (χ1n) is 6.81. The van der Waals surface area contributed by atoms with E-state index >= 15 is 0 Å². The van der Waals surface area contributed by atoms with Crippen molar-refractivity contribution in [3.63, 3.8) is 0 Å². The molecule has 2 nitrogen and oxygen atoms in total. The normalized spacial score (nSPS) is 19.5. The molecular weight excluding hydrogens is 254 g/mol. The molecule has 0 radical (unpaired) electrons. The Bertz CT molecular complexity index is 585. The molecule has 1 unspecified atom stereocenters. The van der Waals surface area contributed by atoms with Gasteiger partial charge in [-0.1, -0.05) is 24.6 Å². The standard InChI is InChI=1S/C16H17NOS/c18-15(16-7-3-4-10-19-16)11-12-8-9-17-14-6-2-1-5-13(12)14/h1-2,5-6,8-9,16H,3-4,7,10-11H2. The van der Waals surface area contributed by atoms with Crippen molar-refractivity contribution in [2.24, 2.45) is 0 Å². The fraction of sp³-hybridized carbons (Fsp3) is 0.375. The zero-order valence-electron chi connectivity index (χ0n) is 10.8. The van der Waals surface area contributed by atoms with Crippen molar-refractivity contribution in [3.8, 4) is 0 Å². The van der Waals surface area contributed by atoms with Crippen LogP contribution in [0.15, 0.2) is 36.5 Å². The average Bonchev–Trinajstić information content (AvgIpc) is 2.48. The molecule has 0 N–H and O–H groups in total. The molecule has 1 aromatic heterocycles. The second-order valence-corrected chi connectivity index (χ2v) is 6.30. The van der Waals surface area contributed by atoms with Crippen molar-refractivity contribution in [2.75, 3.05) is 5.75 Å². The summed E-state index contributed by atoms with van der Waals surface area (Å²) in [4.78, 5) is 16.7. The van der Waals surface area contributed by atoms with E-state index in [4.69, 9.17) is 0 Å². The zero-order valence-corrected chi connectivity index (χ0v) is 11.7. The van der Waals surface area contributed by atoms with E-state index in [1.807, 2.05) is 36.0 Å². The number of carbonyl (C=O) groups is 1. The minimum Gasteiger partial charge on any atom is -0.298 e. The second-order valence-electron chi connectivity index (χ2n) is 4.99. The Morgan fingerprint density at radius 1 is 1.26 bits per heavy atom. The largest absolute Gasteiger partial charge is 0.298 e. The van der Waals surface area contributed by atoms with Crippen LogP contribution in [0, 0.1) is 0 Å². The van der Waals surface area contributed by atoms with Crippen molar-refractivity contribution >= 4 is 28.4 Å². The van der Waals surface area contributed by atoms with Gasteiger partial charge in [-0.15, -0.1) is 0 Å². The number of nitrogens with zero attached hydrogens (tertiary/aromatic N) is 1. The Labute approximate surface area is 117 Å². The molecular formula is C16H17NOS. The number of aromatic nitrogens is 1. The second kappa shape index (κ2) is 5.74. The van der Waals surface area contributed by atoms with E-state index in [9.17, 15) is 4.79 Å². The highest BCUT2D eigenvalue weighted by Gasteiger charge is 2.22. The van der Waals surface area contributed by atoms with Gasteiger partial charge in [-0.05, 0) is 36.3 Å². The first-order valence-corrected chi connectivity index (χ1v) is 7.86. The number of fused-ring (bicyclic) bond motifs is 1. The number of hydrogen-bond acceptors (Lipinski definition) is 3. The van der Waals surface area contributed by atoms with Gasteiger partial charge in [0, 0.05) is 18.0 Å². The summed E-state index contributed by atoms with van der Waals surface area (Å²) in [5.74, 6) is 1.51. The summed E-state index contributed by atoms with van der Waals surface area (Å²) < 4.78 is 0. The highest BCUT2D eigenvalue weighted by atomic mass is 32.2. The van der Waals surface area contributed by atoms with Crippen LogP contribution in [0.3, 0.4) is 0 Å². The number of ketones is 1. The van der Waals surface area contributed by atoms with Crippen LogP contribution in [0.5, 0.6) is 0 Å². The Kier molecular flexibility index (Phi) is 3.83. The van der Waals surface area contributed by atoms with E-state index in [-0.39, 0.29) is 5.25 Å². The summed E-state index contributed by atoms with van der Waals surface area (Å²) in [6.45, 7) is 0. The number of Topliss-reactive ketones (excluding diaryl/α,β-unsaturated/α-hetero) is 1. The van der Waals surface area contributed by atoms with Crippen LogP contribution in [-0.4, -0.2) is 21.8 Å². The predicted octanol–water partition coefficient (Wildman–Crippen LogP) is 3.63. The number of pyridine rings is 1. The molecule has 2 aromatic rings. The van der Waals surface area contributed by atoms with Crippen molar-refractivity contribution < 1.29 is 4.79 Å². The van der Waals surface area contributed by atoms with E-state index in [2.05, 4.69) is 11.1 Å². The van der Waals surface area contributed by atoms with Gasteiger partial charge in [0.2, 0.25) is 0 Å². The summed E-state index contributed by atoms with van der Waals surface area (Å²) in [7, 11) is 0. The monoisotopic (exact) mass is 271 g/mol. The number of thioether (sulfide) groups is 1. The molecule has 0 saturated carbocycles. The van der Waals surface area contributed by atoms with E-state index in [0.717, 1.165) is 28.6 Å². The van der Waals surface area contributed by atoms with E-state index in [0.29, 0.717) is 12.2 Å². The predicted molar refractivity (Wildman–Crippen MR) is 80.6 cm³/mol. The molecule has 19 heavy (non-hydrogen) atoms.